The maximum atomic E-state index is 13.7. The zero-order valence-electron chi connectivity index (χ0n) is 19.1. The monoisotopic (exact) mass is 549 g/mol. The van der Waals surface area contributed by atoms with E-state index in [-0.39, 0.29) is 53.6 Å². The molecule has 1 heterocycles. The second-order valence-corrected chi connectivity index (χ2v) is 7.79. The van der Waals surface area contributed by atoms with Crippen LogP contribution in [0, 0.1) is 5.82 Å². The summed E-state index contributed by atoms with van der Waals surface area (Å²) in [5.74, 6) is 0.778. The Morgan fingerprint density at radius 2 is 2.10 bits per heavy atom. The van der Waals surface area contributed by atoms with Crippen LogP contribution in [-0.4, -0.2) is 80.6 Å². The second kappa shape index (κ2) is 14.4. The van der Waals surface area contributed by atoms with Crippen LogP contribution in [-0.2, 0) is 4.79 Å². The summed E-state index contributed by atoms with van der Waals surface area (Å²) in [6.07, 6.45) is 2.68. The number of halogens is 2. The van der Waals surface area contributed by atoms with Crippen LogP contribution in [0.15, 0.2) is 29.3 Å². The number of ether oxygens (including phenoxy) is 1. The minimum atomic E-state index is -0.369. The van der Waals surface area contributed by atoms with Crippen molar-refractivity contribution in [1.82, 2.24) is 20.4 Å². The number of nitrogens with one attached hydrogen (secondary N) is 2. The van der Waals surface area contributed by atoms with Gasteiger partial charge in [-0.25, -0.2) is 9.38 Å². The Hall–Kier alpha value is -1.62. The molecule has 1 aromatic rings. The van der Waals surface area contributed by atoms with Gasteiger partial charge in [0.1, 0.15) is 6.10 Å². The number of benzene rings is 1. The van der Waals surface area contributed by atoms with Crippen LogP contribution in [0.25, 0.3) is 0 Å². The molecule has 1 saturated heterocycles. The average molecular weight is 549 g/mol. The fraction of sp³-hybridized carbons (Fsp3) is 0.636. The lowest BCUT2D eigenvalue weighted by Gasteiger charge is -2.26. The van der Waals surface area contributed by atoms with Crippen molar-refractivity contribution in [2.75, 3.05) is 46.8 Å². The Labute approximate surface area is 202 Å². The number of aliphatic imine (C=N–C) groups is 1. The lowest BCUT2D eigenvalue weighted by Crippen LogP contribution is -2.44. The van der Waals surface area contributed by atoms with Gasteiger partial charge >= 0.3 is 0 Å². The SMILES string of the molecule is CCNC(=NCC(C)Oc1ccccc1F)NCCCN1CCCC1C(=O)N(C)C.I. The minimum Gasteiger partial charge on any atom is -0.486 e. The van der Waals surface area contributed by atoms with Crippen molar-refractivity contribution in [3.05, 3.63) is 30.1 Å². The van der Waals surface area contributed by atoms with E-state index < -0.39 is 0 Å². The summed E-state index contributed by atoms with van der Waals surface area (Å²) in [4.78, 5) is 20.8. The normalized spacial score (nSPS) is 17.6. The zero-order valence-corrected chi connectivity index (χ0v) is 21.4. The summed E-state index contributed by atoms with van der Waals surface area (Å²) >= 11 is 0. The van der Waals surface area contributed by atoms with E-state index in [1.807, 2.05) is 27.9 Å². The summed E-state index contributed by atoms with van der Waals surface area (Å²) in [7, 11) is 3.63. The maximum Gasteiger partial charge on any atom is 0.239 e. The molecule has 7 nitrogen and oxygen atoms in total. The smallest absolute Gasteiger partial charge is 0.239 e. The van der Waals surface area contributed by atoms with E-state index in [1.54, 1.807) is 23.1 Å². The number of hydrogen-bond acceptors (Lipinski definition) is 4. The molecule has 1 aliphatic heterocycles. The van der Waals surface area contributed by atoms with Gasteiger partial charge in [-0.3, -0.25) is 9.69 Å². The van der Waals surface area contributed by atoms with E-state index in [9.17, 15) is 9.18 Å². The highest BCUT2D eigenvalue weighted by Crippen LogP contribution is 2.19. The van der Waals surface area contributed by atoms with Gasteiger partial charge in [0, 0.05) is 33.7 Å². The highest BCUT2D eigenvalue weighted by atomic mass is 127. The van der Waals surface area contributed by atoms with Crippen LogP contribution in [0.5, 0.6) is 5.75 Å². The van der Waals surface area contributed by atoms with Gasteiger partial charge in [-0.1, -0.05) is 12.1 Å². The average Bonchev–Trinajstić information content (AvgIpc) is 3.18. The molecule has 0 saturated carbocycles. The third-order valence-corrected chi connectivity index (χ3v) is 5.02. The maximum absolute atomic E-state index is 13.7. The van der Waals surface area contributed by atoms with E-state index in [2.05, 4.69) is 20.5 Å². The quantitative estimate of drug-likeness (QED) is 0.203. The molecule has 1 aromatic carbocycles. The molecule has 0 aliphatic carbocycles. The number of carbonyl (C=O) groups excluding carboxylic acids is 1. The third-order valence-electron chi connectivity index (χ3n) is 5.02. The van der Waals surface area contributed by atoms with E-state index >= 15 is 0 Å². The minimum absolute atomic E-state index is 0. The summed E-state index contributed by atoms with van der Waals surface area (Å²) in [6.45, 7) is 7.66. The van der Waals surface area contributed by atoms with Crippen molar-refractivity contribution >= 4 is 35.8 Å². The molecule has 0 aromatic heterocycles. The molecular weight excluding hydrogens is 512 g/mol. The largest absolute Gasteiger partial charge is 0.486 e. The number of nitrogens with zero attached hydrogens (tertiary/aromatic N) is 3. The van der Waals surface area contributed by atoms with E-state index in [0.717, 1.165) is 45.4 Å². The number of likely N-dealkylation sites (tertiary alicyclic amines) is 1. The fourth-order valence-electron chi connectivity index (χ4n) is 3.52. The molecule has 9 heteroatoms. The Balaban J connectivity index is 0.00000480. The number of likely N-dealkylation sites (N-methyl/N-ethyl adjacent to an activating group) is 1. The lowest BCUT2D eigenvalue weighted by molar-refractivity contribution is -0.133. The molecule has 0 radical (unpaired) electrons. The van der Waals surface area contributed by atoms with E-state index in [0.29, 0.717) is 12.5 Å². The van der Waals surface area contributed by atoms with E-state index in [1.165, 1.54) is 6.07 Å². The molecule has 176 valence electrons. The number of guanidine groups is 1. The molecule has 31 heavy (non-hydrogen) atoms. The topological polar surface area (TPSA) is 69.2 Å². The van der Waals surface area contributed by atoms with Crippen LogP contribution >= 0.6 is 24.0 Å². The van der Waals surface area contributed by atoms with Crippen molar-refractivity contribution in [3.8, 4) is 5.75 Å². The van der Waals surface area contributed by atoms with Crippen LogP contribution < -0.4 is 15.4 Å². The molecule has 0 bridgehead atoms. The van der Waals surface area contributed by atoms with Crippen LogP contribution in [0.2, 0.25) is 0 Å². The standard InChI is InChI=1S/C22H36FN5O2.HI/c1-5-24-22(26-16-17(2)30-20-12-7-6-10-18(20)23)25-13-9-15-28-14-8-11-19(28)21(29)27(3)4;/h6-7,10,12,17,19H,5,8-9,11,13-16H2,1-4H3,(H2,24,25,26);1H. The van der Waals surface area contributed by atoms with Gasteiger partial charge in [-0.2, -0.15) is 0 Å². The van der Waals surface area contributed by atoms with E-state index in [4.69, 9.17) is 4.74 Å². The second-order valence-electron chi connectivity index (χ2n) is 7.79. The first-order valence-electron chi connectivity index (χ1n) is 10.8. The molecule has 1 amide bonds. The highest BCUT2D eigenvalue weighted by molar-refractivity contribution is 14.0. The number of para-hydroxylation sites is 1. The van der Waals surface area contributed by atoms with Gasteiger partial charge in [0.15, 0.2) is 17.5 Å². The first-order chi connectivity index (χ1) is 14.4. The molecule has 1 aliphatic rings. The van der Waals surface area contributed by atoms with Gasteiger partial charge in [0.25, 0.3) is 0 Å². The van der Waals surface area contributed by atoms with Crippen molar-refractivity contribution in [3.63, 3.8) is 0 Å². The predicted octanol–water partition coefficient (Wildman–Crippen LogP) is 2.71. The number of rotatable bonds is 10. The van der Waals surface area contributed by atoms with Crippen LogP contribution in [0.1, 0.15) is 33.1 Å². The summed E-state index contributed by atoms with van der Waals surface area (Å²) < 4.78 is 19.4. The first kappa shape index (κ1) is 27.4. The van der Waals surface area contributed by atoms with Gasteiger partial charge in [-0.05, 0) is 51.8 Å². The van der Waals surface area contributed by atoms with Crippen molar-refractivity contribution in [2.24, 2.45) is 4.99 Å². The molecule has 0 spiro atoms. The van der Waals surface area contributed by atoms with Gasteiger partial charge in [0.05, 0.1) is 12.6 Å². The van der Waals surface area contributed by atoms with Crippen LogP contribution in [0.4, 0.5) is 4.39 Å². The molecule has 2 unspecified atom stereocenters. The number of hydrogen-bond donors (Lipinski definition) is 2. The Kier molecular flexibility index (Phi) is 12.8. The molecule has 2 atom stereocenters. The number of amides is 1. The first-order valence-corrected chi connectivity index (χ1v) is 10.8. The Morgan fingerprint density at radius 1 is 1.35 bits per heavy atom. The summed E-state index contributed by atoms with van der Waals surface area (Å²) in [6, 6.07) is 6.40. The summed E-state index contributed by atoms with van der Waals surface area (Å²) in [5.41, 5.74) is 0. The molecule has 2 rings (SSSR count). The summed E-state index contributed by atoms with van der Waals surface area (Å²) in [5, 5.41) is 6.55. The zero-order chi connectivity index (χ0) is 21.9. The van der Waals surface area contributed by atoms with Crippen molar-refractivity contribution in [1.29, 1.82) is 0 Å². The Morgan fingerprint density at radius 3 is 2.77 bits per heavy atom. The molecular formula is C22H37FIN5O2. The third kappa shape index (κ3) is 9.18. The predicted molar refractivity (Wildman–Crippen MR) is 134 cm³/mol. The lowest BCUT2D eigenvalue weighted by atomic mass is 10.2. The van der Waals surface area contributed by atoms with Gasteiger partial charge in [-0.15, -0.1) is 24.0 Å². The highest BCUT2D eigenvalue weighted by Gasteiger charge is 2.30. The fourth-order valence-corrected chi connectivity index (χ4v) is 3.52. The molecule has 1 fully saturated rings. The van der Waals surface area contributed by atoms with Crippen LogP contribution in [0.3, 0.4) is 0 Å². The van der Waals surface area contributed by atoms with Crippen molar-refractivity contribution < 1.29 is 13.9 Å². The van der Waals surface area contributed by atoms with Crippen molar-refractivity contribution in [2.45, 2.75) is 45.3 Å². The van der Waals surface area contributed by atoms with Gasteiger partial charge in [0.2, 0.25) is 5.91 Å². The number of carbonyl (C=O) groups is 1. The molecule has 2 N–H and O–H groups in total. The van der Waals surface area contributed by atoms with Gasteiger partial charge < -0.3 is 20.3 Å². The Bertz CT molecular complexity index is 704.